The highest BCUT2D eigenvalue weighted by Crippen LogP contribution is 2.14. The molecule has 0 rings (SSSR count). The summed E-state index contributed by atoms with van der Waals surface area (Å²) in [5.41, 5.74) is 0. The summed E-state index contributed by atoms with van der Waals surface area (Å²) in [6, 6.07) is 0. The molecule has 0 saturated carbocycles. The maximum Gasteiger partial charge on any atom is 0.109 e. The van der Waals surface area contributed by atoms with Gasteiger partial charge in [0.15, 0.2) is 0 Å². The first-order chi connectivity index (χ1) is 7.74. The van der Waals surface area contributed by atoms with Gasteiger partial charge in [0, 0.05) is 0 Å². The van der Waals surface area contributed by atoms with Crippen LogP contribution in [0.15, 0.2) is 0 Å². The van der Waals surface area contributed by atoms with E-state index in [1.807, 2.05) is 0 Å². The summed E-state index contributed by atoms with van der Waals surface area (Å²) >= 11 is 0. The molecule has 0 unspecified atom stereocenters. The van der Waals surface area contributed by atoms with Gasteiger partial charge in [0.2, 0.25) is 0 Å². The molecule has 0 aliphatic carbocycles. The Kier molecular flexibility index (Phi) is 10.0. The second-order valence-corrected chi connectivity index (χ2v) is 4.77. The fourth-order valence-electron chi connectivity index (χ4n) is 2.36. The van der Waals surface area contributed by atoms with Gasteiger partial charge in [-0.1, -0.05) is 40.5 Å². The van der Waals surface area contributed by atoms with Crippen LogP contribution in [0.1, 0.15) is 66.2 Å². The Morgan fingerprint density at radius 1 is 0.688 bits per heavy atom. The van der Waals surface area contributed by atoms with Crippen molar-refractivity contribution in [2.45, 2.75) is 66.2 Å². The van der Waals surface area contributed by atoms with Gasteiger partial charge in [0.05, 0.1) is 0 Å². The summed E-state index contributed by atoms with van der Waals surface area (Å²) in [7, 11) is 0. The zero-order chi connectivity index (χ0) is 12.3. The SMILES string of the molecule is CCCCCO[N+](CCC)(CCC)CCC. The van der Waals surface area contributed by atoms with Gasteiger partial charge in [0.25, 0.3) is 0 Å². The van der Waals surface area contributed by atoms with E-state index in [-0.39, 0.29) is 0 Å². The lowest BCUT2D eigenvalue weighted by atomic mass is 10.3. The van der Waals surface area contributed by atoms with Crippen molar-refractivity contribution < 1.29 is 9.48 Å². The van der Waals surface area contributed by atoms with Gasteiger partial charge in [-0.15, -0.1) is 0 Å². The standard InChI is InChI=1S/C14H32NO/c1-5-9-10-14-16-15(11-6-2,12-7-3)13-8-4/h5-14H2,1-4H3/q+1. The van der Waals surface area contributed by atoms with Crippen LogP contribution in [0.3, 0.4) is 0 Å². The molecule has 16 heavy (non-hydrogen) atoms. The van der Waals surface area contributed by atoms with E-state index in [1.165, 1.54) is 58.2 Å². The molecule has 0 spiro atoms. The minimum absolute atomic E-state index is 0.896. The Bertz CT molecular complexity index is 131. The Morgan fingerprint density at radius 2 is 1.19 bits per heavy atom. The molecule has 0 aliphatic heterocycles. The molecule has 0 radical (unpaired) electrons. The Balaban J connectivity index is 4.12. The lowest BCUT2D eigenvalue weighted by Gasteiger charge is -2.35. The first kappa shape index (κ1) is 15.9. The lowest BCUT2D eigenvalue weighted by molar-refractivity contribution is -1.11. The predicted octanol–water partition coefficient (Wildman–Crippen LogP) is 4.16. The summed E-state index contributed by atoms with van der Waals surface area (Å²) in [5.74, 6) is 0. The molecule has 0 aromatic rings. The number of hydrogen-bond donors (Lipinski definition) is 0. The van der Waals surface area contributed by atoms with E-state index in [1.54, 1.807) is 0 Å². The predicted molar refractivity (Wildman–Crippen MR) is 71.2 cm³/mol. The summed E-state index contributed by atoms with van der Waals surface area (Å²) < 4.78 is 0.896. The molecule has 0 fully saturated rings. The molecular weight excluding hydrogens is 198 g/mol. The first-order valence-corrected chi connectivity index (χ1v) is 7.25. The normalized spacial score (nSPS) is 12.0. The van der Waals surface area contributed by atoms with Crippen LogP contribution >= 0.6 is 0 Å². The van der Waals surface area contributed by atoms with Crippen molar-refractivity contribution >= 4 is 0 Å². The minimum Gasteiger partial charge on any atom is -0.203 e. The average Bonchev–Trinajstić information content (AvgIpc) is 2.26. The van der Waals surface area contributed by atoms with Crippen molar-refractivity contribution in [3.05, 3.63) is 0 Å². The molecule has 0 amide bonds. The third-order valence-electron chi connectivity index (χ3n) is 3.01. The number of hydrogen-bond acceptors (Lipinski definition) is 1. The zero-order valence-electron chi connectivity index (χ0n) is 11.9. The topological polar surface area (TPSA) is 9.23 Å². The van der Waals surface area contributed by atoms with Gasteiger partial charge in [-0.3, -0.25) is 0 Å². The van der Waals surface area contributed by atoms with Crippen molar-refractivity contribution in [2.24, 2.45) is 0 Å². The highest BCUT2D eigenvalue weighted by atomic mass is 16.7. The smallest absolute Gasteiger partial charge is 0.109 e. The minimum atomic E-state index is 0.896. The molecule has 0 heterocycles. The number of quaternary nitrogens is 1. The van der Waals surface area contributed by atoms with Crippen LogP contribution in [0.2, 0.25) is 0 Å². The maximum absolute atomic E-state index is 6.19. The summed E-state index contributed by atoms with van der Waals surface area (Å²) in [6.07, 6.45) is 7.44. The fourth-order valence-corrected chi connectivity index (χ4v) is 2.36. The number of unbranched alkanes of at least 4 members (excludes halogenated alkanes) is 2. The van der Waals surface area contributed by atoms with Crippen LogP contribution in [0.25, 0.3) is 0 Å². The van der Waals surface area contributed by atoms with Crippen LogP contribution in [-0.4, -0.2) is 30.9 Å². The van der Waals surface area contributed by atoms with Crippen molar-refractivity contribution in [3.63, 3.8) is 0 Å². The fraction of sp³-hybridized carbons (Fsp3) is 1.00. The monoisotopic (exact) mass is 230 g/mol. The highest BCUT2D eigenvalue weighted by Gasteiger charge is 2.26. The Labute approximate surface area is 103 Å². The molecule has 0 aliphatic rings. The van der Waals surface area contributed by atoms with E-state index in [0.717, 1.165) is 11.3 Å². The second-order valence-electron chi connectivity index (χ2n) is 4.77. The van der Waals surface area contributed by atoms with Gasteiger partial charge in [0.1, 0.15) is 26.2 Å². The van der Waals surface area contributed by atoms with E-state index >= 15 is 0 Å². The van der Waals surface area contributed by atoms with Crippen LogP contribution < -0.4 is 0 Å². The van der Waals surface area contributed by atoms with Gasteiger partial charge in [-0.05, 0) is 25.7 Å². The van der Waals surface area contributed by atoms with Crippen LogP contribution in [0.5, 0.6) is 0 Å². The second kappa shape index (κ2) is 10.1. The molecule has 0 aromatic carbocycles. The number of nitrogens with zero attached hydrogens (tertiary/aromatic N) is 1. The first-order valence-electron chi connectivity index (χ1n) is 7.25. The third kappa shape index (κ3) is 6.49. The van der Waals surface area contributed by atoms with Crippen LogP contribution in [0.4, 0.5) is 0 Å². The lowest BCUT2D eigenvalue weighted by Crippen LogP contribution is -2.49. The molecule has 0 bridgehead atoms. The molecule has 98 valence electrons. The van der Waals surface area contributed by atoms with Crippen molar-refractivity contribution in [3.8, 4) is 0 Å². The zero-order valence-corrected chi connectivity index (χ0v) is 11.9. The number of hydroxylamine groups is 3. The van der Waals surface area contributed by atoms with Crippen LogP contribution in [-0.2, 0) is 4.84 Å². The highest BCUT2D eigenvalue weighted by molar-refractivity contribution is 4.38. The summed E-state index contributed by atoms with van der Waals surface area (Å²) in [6.45, 7) is 13.5. The number of rotatable bonds is 11. The van der Waals surface area contributed by atoms with Gasteiger partial charge in [-0.2, -0.15) is 4.65 Å². The van der Waals surface area contributed by atoms with Crippen molar-refractivity contribution in [1.29, 1.82) is 0 Å². The van der Waals surface area contributed by atoms with E-state index in [9.17, 15) is 0 Å². The maximum atomic E-state index is 6.19. The Morgan fingerprint density at radius 3 is 1.56 bits per heavy atom. The van der Waals surface area contributed by atoms with E-state index in [4.69, 9.17) is 4.84 Å². The summed E-state index contributed by atoms with van der Waals surface area (Å²) in [5, 5.41) is 0. The van der Waals surface area contributed by atoms with Gasteiger partial charge < -0.3 is 0 Å². The molecule has 0 saturated heterocycles. The quantitative estimate of drug-likeness (QED) is 0.294. The van der Waals surface area contributed by atoms with E-state index in [0.29, 0.717) is 0 Å². The Hall–Kier alpha value is -0.0800. The van der Waals surface area contributed by atoms with Crippen LogP contribution in [0, 0.1) is 0 Å². The van der Waals surface area contributed by atoms with Crippen molar-refractivity contribution in [2.75, 3.05) is 26.2 Å². The van der Waals surface area contributed by atoms with Gasteiger partial charge in [-0.25, -0.2) is 4.84 Å². The van der Waals surface area contributed by atoms with E-state index < -0.39 is 0 Å². The summed E-state index contributed by atoms with van der Waals surface area (Å²) in [4.78, 5) is 6.19. The molecule has 2 heteroatoms. The van der Waals surface area contributed by atoms with E-state index in [2.05, 4.69) is 27.7 Å². The molecule has 0 aromatic heterocycles. The van der Waals surface area contributed by atoms with Crippen molar-refractivity contribution in [1.82, 2.24) is 0 Å². The van der Waals surface area contributed by atoms with Gasteiger partial charge >= 0.3 is 0 Å². The molecule has 0 N–H and O–H groups in total. The third-order valence-corrected chi connectivity index (χ3v) is 3.01. The average molecular weight is 230 g/mol. The molecule has 2 nitrogen and oxygen atoms in total. The molecule has 0 atom stereocenters. The molecular formula is C14H32NO+. The largest absolute Gasteiger partial charge is 0.203 e.